The monoisotopic (exact) mass is 189 g/mol. The molecule has 0 amide bonds. The van der Waals surface area contributed by atoms with Gasteiger partial charge in [-0.1, -0.05) is 19.1 Å². The van der Waals surface area contributed by atoms with E-state index in [2.05, 4.69) is 0 Å². The van der Waals surface area contributed by atoms with Gasteiger partial charge in [0.25, 0.3) is 0 Å². The second-order valence-electron chi connectivity index (χ2n) is 2.92. The first-order valence-corrected chi connectivity index (χ1v) is 6.73. The molecule has 3 nitrogen and oxygen atoms in total. The van der Waals surface area contributed by atoms with E-state index < -0.39 is 8.56 Å². The number of allylic oxidation sites excluding steroid dienone is 1. The minimum Gasteiger partial charge on any atom is -0.411 e. The summed E-state index contributed by atoms with van der Waals surface area (Å²) in [6.45, 7) is 2.47. The zero-order chi connectivity index (χ0) is 9.45. The fourth-order valence-electron chi connectivity index (χ4n) is 0.823. The minimum atomic E-state index is -2.82. The molecule has 0 aliphatic carbocycles. The molecule has 0 aromatic carbocycles. The first-order valence-electron chi connectivity index (χ1n) is 4.42. The zero-order valence-corrected chi connectivity index (χ0v) is 8.66. The maximum absolute atomic E-state index is 9.32. The average Bonchev–Trinajstić information content (AvgIpc) is 2.04. The van der Waals surface area contributed by atoms with E-state index in [1.165, 1.54) is 0 Å². The highest BCUT2D eigenvalue weighted by atomic mass is 28.4. The summed E-state index contributed by atoms with van der Waals surface area (Å²) in [6.07, 6.45) is 5.58. The van der Waals surface area contributed by atoms with Crippen LogP contribution < -0.4 is 5.73 Å². The molecule has 0 radical (unpaired) electrons. The minimum absolute atomic E-state index is 0.512. The van der Waals surface area contributed by atoms with Gasteiger partial charge >= 0.3 is 8.56 Å². The highest BCUT2D eigenvalue weighted by molar-refractivity contribution is 6.64. The fraction of sp³-hybridized carbons (Fsp3) is 0.750. The molecule has 0 aromatic heterocycles. The first kappa shape index (κ1) is 11.8. The normalized spacial score (nSPS) is 12.7. The van der Waals surface area contributed by atoms with Crippen molar-refractivity contribution in [3.05, 3.63) is 12.2 Å². The third kappa shape index (κ3) is 6.54. The Morgan fingerprint density at radius 1 is 1.25 bits per heavy atom. The van der Waals surface area contributed by atoms with Crippen LogP contribution in [0.4, 0.5) is 0 Å². The van der Waals surface area contributed by atoms with Crippen molar-refractivity contribution < 1.29 is 9.59 Å². The predicted octanol–water partition coefficient (Wildman–Crippen LogP) is 0.728. The van der Waals surface area contributed by atoms with Gasteiger partial charge in [-0.05, 0) is 31.5 Å². The van der Waals surface area contributed by atoms with E-state index in [0.29, 0.717) is 18.6 Å². The highest BCUT2D eigenvalue weighted by Crippen LogP contribution is 2.10. The quantitative estimate of drug-likeness (QED) is 0.426. The second-order valence-corrected chi connectivity index (χ2v) is 6.10. The molecule has 0 rings (SSSR count). The molecule has 0 fully saturated rings. The van der Waals surface area contributed by atoms with Gasteiger partial charge in [0, 0.05) is 0 Å². The molecule has 0 aromatic rings. The van der Waals surface area contributed by atoms with Crippen molar-refractivity contribution in [1.29, 1.82) is 0 Å². The molecule has 72 valence electrons. The Kier molecular flexibility index (Phi) is 6.28. The Bertz CT molecular complexity index is 137. The summed E-state index contributed by atoms with van der Waals surface area (Å²) >= 11 is 0. The number of hydrogen-bond acceptors (Lipinski definition) is 3. The van der Waals surface area contributed by atoms with E-state index in [-0.39, 0.29) is 0 Å². The van der Waals surface area contributed by atoms with Crippen LogP contribution in [0.1, 0.15) is 19.8 Å². The summed E-state index contributed by atoms with van der Waals surface area (Å²) in [5.74, 6) is 0. The standard InChI is InChI=1S/C8H19NO2Si/c1-2-12(10,11)8-6-4-3-5-7-9/h3-4,10-11H,2,5-9H2,1H3. The molecule has 4 N–H and O–H groups in total. The number of hydrogen-bond donors (Lipinski definition) is 3. The Morgan fingerprint density at radius 3 is 2.33 bits per heavy atom. The van der Waals surface area contributed by atoms with Crippen molar-refractivity contribution in [2.45, 2.75) is 31.9 Å². The van der Waals surface area contributed by atoms with E-state index in [0.717, 1.165) is 12.8 Å². The van der Waals surface area contributed by atoms with Gasteiger partial charge in [-0.25, -0.2) is 0 Å². The summed E-state index contributed by atoms with van der Waals surface area (Å²) in [7, 11) is -2.82. The number of rotatable bonds is 6. The second kappa shape index (κ2) is 6.36. The van der Waals surface area contributed by atoms with Crippen LogP contribution in [-0.4, -0.2) is 24.7 Å². The molecule has 0 saturated carbocycles. The first-order chi connectivity index (χ1) is 5.62. The molecule has 0 atom stereocenters. The smallest absolute Gasteiger partial charge is 0.332 e. The third-order valence-electron chi connectivity index (χ3n) is 1.78. The molecular formula is C8H19NO2Si. The van der Waals surface area contributed by atoms with Crippen LogP contribution in [0, 0.1) is 0 Å². The van der Waals surface area contributed by atoms with E-state index >= 15 is 0 Å². The van der Waals surface area contributed by atoms with Crippen molar-refractivity contribution in [3.8, 4) is 0 Å². The maximum atomic E-state index is 9.32. The molecule has 0 aliphatic rings. The van der Waals surface area contributed by atoms with Crippen molar-refractivity contribution in [2.75, 3.05) is 6.54 Å². The van der Waals surface area contributed by atoms with Crippen molar-refractivity contribution in [2.24, 2.45) is 5.73 Å². The lowest BCUT2D eigenvalue weighted by atomic mass is 10.3. The SMILES string of the molecule is CC[Si](O)(O)CCC=CCCN. The Balaban J connectivity index is 3.42. The summed E-state index contributed by atoms with van der Waals surface area (Å²) in [6, 6.07) is 1.04. The molecule has 4 heteroatoms. The molecule has 12 heavy (non-hydrogen) atoms. The van der Waals surface area contributed by atoms with Gasteiger partial charge in [-0.15, -0.1) is 0 Å². The van der Waals surface area contributed by atoms with E-state index in [1.54, 1.807) is 0 Å². The third-order valence-corrected chi connectivity index (χ3v) is 4.00. The number of nitrogens with two attached hydrogens (primary N) is 1. The van der Waals surface area contributed by atoms with Gasteiger partial charge in [-0.2, -0.15) is 0 Å². The van der Waals surface area contributed by atoms with E-state index in [4.69, 9.17) is 5.73 Å². The van der Waals surface area contributed by atoms with E-state index in [1.807, 2.05) is 19.1 Å². The van der Waals surface area contributed by atoms with Gasteiger partial charge in [0.2, 0.25) is 0 Å². The average molecular weight is 189 g/mol. The van der Waals surface area contributed by atoms with E-state index in [9.17, 15) is 9.59 Å². The van der Waals surface area contributed by atoms with Crippen LogP contribution in [0.5, 0.6) is 0 Å². The predicted molar refractivity (Wildman–Crippen MR) is 52.9 cm³/mol. The van der Waals surface area contributed by atoms with Crippen LogP contribution >= 0.6 is 0 Å². The topological polar surface area (TPSA) is 66.5 Å². The highest BCUT2D eigenvalue weighted by Gasteiger charge is 2.24. The van der Waals surface area contributed by atoms with Crippen molar-refractivity contribution in [3.63, 3.8) is 0 Å². The van der Waals surface area contributed by atoms with Crippen LogP contribution in [0.2, 0.25) is 12.1 Å². The van der Waals surface area contributed by atoms with Crippen molar-refractivity contribution in [1.82, 2.24) is 0 Å². The molecule has 0 bridgehead atoms. The van der Waals surface area contributed by atoms with Crippen LogP contribution in [-0.2, 0) is 0 Å². The van der Waals surface area contributed by atoms with Crippen LogP contribution in [0.3, 0.4) is 0 Å². The molecule has 0 unspecified atom stereocenters. The Labute approximate surface area is 75.2 Å². The molecule has 0 saturated heterocycles. The lowest BCUT2D eigenvalue weighted by Gasteiger charge is -2.13. The van der Waals surface area contributed by atoms with Crippen LogP contribution in [0.25, 0.3) is 0 Å². The van der Waals surface area contributed by atoms with Gasteiger partial charge < -0.3 is 15.3 Å². The zero-order valence-electron chi connectivity index (χ0n) is 7.66. The van der Waals surface area contributed by atoms with Gasteiger partial charge in [0.05, 0.1) is 0 Å². The van der Waals surface area contributed by atoms with Crippen LogP contribution in [0.15, 0.2) is 12.2 Å². The largest absolute Gasteiger partial charge is 0.411 e. The maximum Gasteiger partial charge on any atom is 0.332 e. The molecule has 0 spiro atoms. The molecule has 0 heterocycles. The summed E-state index contributed by atoms with van der Waals surface area (Å²) in [5.41, 5.74) is 5.28. The Morgan fingerprint density at radius 2 is 1.83 bits per heavy atom. The summed E-state index contributed by atoms with van der Waals surface area (Å²) in [5, 5.41) is 0. The van der Waals surface area contributed by atoms with Gasteiger partial charge in [0.15, 0.2) is 0 Å². The van der Waals surface area contributed by atoms with Gasteiger partial charge in [0.1, 0.15) is 0 Å². The lowest BCUT2D eigenvalue weighted by Crippen LogP contribution is -2.32. The fourth-order valence-corrected chi connectivity index (χ4v) is 1.81. The van der Waals surface area contributed by atoms with Crippen molar-refractivity contribution >= 4 is 8.56 Å². The molecule has 0 aliphatic heterocycles. The summed E-state index contributed by atoms with van der Waals surface area (Å²) < 4.78 is 0. The molecular weight excluding hydrogens is 170 g/mol. The lowest BCUT2D eigenvalue weighted by molar-refractivity contribution is 0.360. The summed E-state index contributed by atoms with van der Waals surface area (Å²) in [4.78, 5) is 18.6. The van der Waals surface area contributed by atoms with Gasteiger partial charge in [-0.3, -0.25) is 0 Å². The Hall–Kier alpha value is -0.163.